The van der Waals surface area contributed by atoms with Gasteiger partial charge in [-0.05, 0) is 25.0 Å². The summed E-state index contributed by atoms with van der Waals surface area (Å²) in [7, 11) is 0. The minimum atomic E-state index is -0.316. The molecular weight excluding hydrogens is 181 g/mol. The number of aliphatic hydroxyl groups excluding tert-OH is 1. The molecule has 0 saturated carbocycles. The van der Waals surface area contributed by atoms with Crippen LogP contribution in [0.2, 0.25) is 0 Å². The molecule has 1 aromatic carbocycles. The number of piperidine rings is 1. The predicted molar refractivity (Wildman–Crippen MR) is 53.9 cm³/mol. The van der Waals surface area contributed by atoms with E-state index in [0.717, 1.165) is 19.4 Å². The molecule has 1 aliphatic heterocycles. The van der Waals surface area contributed by atoms with Crippen molar-refractivity contribution in [1.82, 2.24) is 0 Å². The molecule has 1 aromatic rings. The second-order valence-electron chi connectivity index (χ2n) is 3.69. The molecule has 1 fully saturated rings. The van der Waals surface area contributed by atoms with Crippen LogP contribution >= 0.6 is 0 Å². The number of aliphatic hydroxyl groups is 1. The lowest BCUT2D eigenvalue weighted by Gasteiger charge is -2.32. The van der Waals surface area contributed by atoms with Crippen LogP contribution in [0.1, 0.15) is 12.8 Å². The largest absolute Gasteiger partial charge is 0.391 e. The molecule has 3 heteroatoms. The van der Waals surface area contributed by atoms with Gasteiger partial charge in [0.1, 0.15) is 5.82 Å². The van der Waals surface area contributed by atoms with Gasteiger partial charge in [-0.25, -0.2) is 4.39 Å². The van der Waals surface area contributed by atoms with Crippen LogP contribution in [0.3, 0.4) is 0 Å². The summed E-state index contributed by atoms with van der Waals surface area (Å²) in [6.45, 7) is 1.37. The van der Waals surface area contributed by atoms with Crippen molar-refractivity contribution >= 4 is 5.69 Å². The van der Waals surface area contributed by atoms with Crippen LogP contribution in [0.5, 0.6) is 0 Å². The third kappa shape index (κ3) is 1.87. The van der Waals surface area contributed by atoms with Crippen LogP contribution in [-0.2, 0) is 0 Å². The molecule has 0 radical (unpaired) electrons. The number of nitrogens with zero attached hydrogens (tertiary/aromatic N) is 1. The SMILES string of the molecule is OC1CCCN(c2ccccc2F)C1. The number of hydrogen-bond donors (Lipinski definition) is 1. The standard InChI is InChI=1S/C11H14FNO/c12-10-5-1-2-6-11(10)13-7-3-4-9(14)8-13/h1-2,5-6,9,14H,3-4,7-8H2. The van der Waals surface area contributed by atoms with Crippen molar-refractivity contribution in [2.75, 3.05) is 18.0 Å². The van der Waals surface area contributed by atoms with Gasteiger partial charge in [0.15, 0.2) is 0 Å². The maximum absolute atomic E-state index is 13.4. The fraction of sp³-hybridized carbons (Fsp3) is 0.455. The van der Waals surface area contributed by atoms with Gasteiger partial charge >= 0.3 is 0 Å². The van der Waals surface area contributed by atoms with Crippen LogP contribution < -0.4 is 4.90 Å². The first kappa shape index (κ1) is 9.46. The molecule has 0 amide bonds. The maximum atomic E-state index is 13.4. The Labute approximate surface area is 83.0 Å². The summed E-state index contributed by atoms with van der Waals surface area (Å²) in [5, 5.41) is 9.47. The quantitative estimate of drug-likeness (QED) is 0.738. The molecule has 1 atom stereocenters. The summed E-state index contributed by atoms with van der Waals surface area (Å²) < 4.78 is 13.4. The summed E-state index contributed by atoms with van der Waals surface area (Å²) in [5.41, 5.74) is 0.603. The first-order valence-corrected chi connectivity index (χ1v) is 4.95. The van der Waals surface area contributed by atoms with E-state index >= 15 is 0 Å². The molecular formula is C11H14FNO. The van der Waals surface area contributed by atoms with Crippen molar-refractivity contribution in [2.45, 2.75) is 18.9 Å². The number of benzene rings is 1. The summed E-state index contributed by atoms with van der Waals surface area (Å²) in [5.74, 6) is -0.207. The molecule has 1 unspecified atom stereocenters. The normalized spacial score (nSPS) is 22.4. The van der Waals surface area contributed by atoms with Crippen LogP contribution in [0.4, 0.5) is 10.1 Å². The Morgan fingerprint density at radius 3 is 2.86 bits per heavy atom. The van der Waals surface area contributed by atoms with Gasteiger partial charge in [-0.1, -0.05) is 12.1 Å². The number of rotatable bonds is 1. The Hall–Kier alpha value is -1.09. The van der Waals surface area contributed by atoms with Gasteiger partial charge in [0.2, 0.25) is 0 Å². The lowest BCUT2D eigenvalue weighted by atomic mass is 10.1. The minimum absolute atomic E-state index is 0.207. The number of para-hydroxylation sites is 1. The smallest absolute Gasteiger partial charge is 0.146 e. The average Bonchev–Trinajstić information content (AvgIpc) is 2.18. The Morgan fingerprint density at radius 1 is 1.36 bits per heavy atom. The van der Waals surface area contributed by atoms with Crippen molar-refractivity contribution in [1.29, 1.82) is 0 Å². The van der Waals surface area contributed by atoms with Gasteiger partial charge in [-0.15, -0.1) is 0 Å². The maximum Gasteiger partial charge on any atom is 0.146 e. The van der Waals surface area contributed by atoms with E-state index in [0.29, 0.717) is 12.2 Å². The van der Waals surface area contributed by atoms with Gasteiger partial charge in [0, 0.05) is 13.1 Å². The van der Waals surface area contributed by atoms with Gasteiger partial charge in [-0.2, -0.15) is 0 Å². The lowest BCUT2D eigenvalue weighted by Crippen LogP contribution is -2.38. The number of hydrogen-bond acceptors (Lipinski definition) is 2. The third-order valence-electron chi connectivity index (χ3n) is 2.59. The summed E-state index contributed by atoms with van der Waals surface area (Å²) in [4.78, 5) is 1.91. The zero-order chi connectivity index (χ0) is 9.97. The van der Waals surface area contributed by atoms with Gasteiger partial charge in [0.05, 0.1) is 11.8 Å². The third-order valence-corrected chi connectivity index (χ3v) is 2.59. The van der Waals surface area contributed by atoms with E-state index < -0.39 is 0 Å². The molecule has 14 heavy (non-hydrogen) atoms. The second kappa shape index (κ2) is 3.96. The van der Waals surface area contributed by atoms with E-state index in [1.165, 1.54) is 6.07 Å². The number of β-amino-alcohol motifs (C(OH)–C–C–N with tert-alkyl or cyclic N) is 1. The highest BCUT2D eigenvalue weighted by Crippen LogP contribution is 2.22. The van der Waals surface area contributed by atoms with E-state index in [-0.39, 0.29) is 11.9 Å². The average molecular weight is 195 g/mol. The molecule has 1 saturated heterocycles. The lowest BCUT2D eigenvalue weighted by molar-refractivity contribution is 0.154. The molecule has 1 aliphatic rings. The molecule has 76 valence electrons. The van der Waals surface area contributed by atoms with Crippen molar-refractivity contribution in [3.8, 4) is 0 Å². The monoisotopic (exact) mass is 195 g/mol. The van der Waals surface area contributed by atoms with Gasteiger partial charge < -0.3 is 10.0 Å². The highest BCUT2D eigenvalue weighted by atomic mass is 19.1. The van der Waals surface area contributed by atoms with Crippen LogP contribution in [0.25, 0.3) is 0 Å². The van der Waals surface area contributed by atoms with Crippen molar-refractivity contribution in [3.63, 3.8) is 0 Å². The van der Waals surface area contributed by atoms with Crippen molar-refractivity contribution < 1.29 is 9.50 Å². The fourth-order valence-corrected chi connectivity index (χ4v) is 1.88. The van der Waals surface area contributed by atoms with Crippen LogP contribution in [0.15, 0.2) is 24.3 Å². The first-order chi connectivity index (χ1) is 6.77. The zero-order valence-corrected chi connectivity index (χ0v) is 7.99. The fourth-order valence-electron chi connectivity index (χ4n) is 1.88. The summed E-state index contributed by atoms with van der Waals surface area (Å²) in [6.07, 6.45) is 1.43. The predicted octanol–water partition coefficient (Wildman–Crippen LogP) is 1.79. The molecule has 1 heterocycles. The Bertz CT molecular complexity index is 316. The van der Waals surface area contributed by atoms with Gasteiger partial charge in [-0.3, -0.25) is 0 Å². The molecule has 0 aliphatic carbocycles. The van der Waals surface area contributed by atoms with E-state index in [9.17, 15) is 9.50 Å². The summed E-state index contributed by atoms with van der Waals surface area (Å²) >= 11 is 0. The topological polar surface area (TPSA) is 23.5 Å². The highest BCUT2D eigenvalue weighted by Gasteiger charge is 2.19. The van der Waals surface area contributed by atoms with Crippen molar-refractivity contribution in [3.05, 3.63) is 30.1 Å². The van der Waals surface area contributed by atoms with Crippen molar-refractivity contribution in [2.24, 2.45) is 0 Å². The number of anilines is 1. The van der Waals surface area contributed by atoms with E-state index in [1.807, 2.05) is 11.0 Å². The Morgan fingerprint density at radius 2 is 2.14 bits per heavy atom. The second-order valence-corrected chi connectivity index (χ2v) is 3.69. The molecule has 0 aromatic heterocycles. The summed E-state index contributed by atoms with van der Waals surface area (Å²) in [6, 6.07) is 6.71. The first-order valence-electron chi connectivity index (χ1n) is 4.95. The molecule has 2 nitrogen and oxygen atoms in total. The van der Waals surface area contributed by atoms with Crippen LogP contribution in [-0.4, -0.2) is 24.3 Å². The molecule has 0 bridgehead atoms. The molecule has 0 spiro atoms. The van der Waals surface area contributed by atoms with E-state index in [1.54, 1.807) is 12.1 Å². The van der Waals surface area contributed by atoms with Crippen LogP contribution in [0, 0.1) is 5.82 Å². The Kier molecular flexibility index (Phi) is 2.68. The number of halogens is 1. The van der Waals surface area contributed by atoms with E-state index in [4.69, 9.17) is 0 Å². The minimum Gasteiger partial charge on any atom is -0.391 e. The Balaban J connectivity index is 2.18. The molecule has 1 N–H and O–H groups in total. The van der Waals surface area contributed by atoms with E-state index in [2.05, 4.69) is 0 Å². The highest BCUT2D eigenvalue weighted by molar-refractivity contribution is 5.48. The zero-order valence-electron chi connectivity index (χ0n) is 7.99. The van der Waals surface area contributed by atoms with Gasteiger partial charge in [0.25, 0.3) is 0 Å². The molecule has 2 rings (SSSR count).